The molecule has 30 heavy (non-hydrogen) atoms. The standard InChI is InChI=1S/C23H21BrFNO4/c1-2-30-23(28)21-18(12-17-10-6-7-11-19(17)25)22(24)26(20(21)13-27)15-29-14-16-8-4-3-5-9-16/h3-11,13H,2,12,14-15H2,1H3. The maximum atomic E-state index is 14.2. The number of esters is 1. The van der Waals surface area contributed by atoms with Crippen molar-refractivity contribution < 1.29 is 23.5 Å². The smallest absolute Gasteiger partial charge is 0.340 e. The molecule has 0 radical (unpaired) electrons. The summed E-state index contributed by atoms with van der Waals surface area (Å²) in [4.78, 5) is 24.5. The minimum absolute atomic E-state index is 0.0349. The molecule has 0 aliphatic heterocycles. The van der Waals surface area contributed by atoms with Crippen molar-refractivity contribution in [3.05, 3.63) is 93.0 Å². The van der Waals surface area contributed by atoms with Gasteiger partial charge in [-0.3, -0.25) is 4.79 Å². The van der Waals surface area contributed by atoms with Crippen molar-refractivity contribution in [1.82, 2.24) is 4.57 Å². The Morgan fingerprint density at radius 3 is 2.50 bits per heavy atom. The lowest BCUT2D eigenvalue weighted by Gasteiger charge is -2.09. The Balaban J connectivity index is 1.96. The van der Waals surface area contributed by atoms with Gasteiger partial charge in [0.1, 0.15) is 12.5 Å². The molecule has 0 bridgehead atoms. The maximum Gasteiger partial charge on any atom is 0.340 e. The van der Waals surface area contributed by atoms with Crippen molar-refractivity contribution in [3.8, 4) is 0 Å². The molecule has 1 heterocycles. The zero-order chi connectivity index (χ0) is 21.5. The lowest BCUT2D eigenvalue weighted by Crippen LogP contribution is -2.12. The topological polar surface area (TPSA) is 57.5 Å². The molecule has 0 fully saturated rings. The highest BCUT2D eigenvalue weighted by Crippen LogP contribution is 2.31. The fraction of sp³-hybridized carbons (Fsp3) is 0.217. The number of ether oxygens (including phenoxy) is 2. The SMILES string of the molecule is CCOC(=O)c1c(Cc2ccccc2F)c(Br)n(COCc2ccccc2)c1C=O. The van der Waals surface area contributed by atoms with Crippen molar-refractivity contribution in [2.45, 2.75) is 26.7 Å². The van der Waals surface area contributed by atoms with E-state index in [4.69, 9.17) is 9.47 Å². The number of benzene rings is 2. The molecule has 0 aliphatic rings. The number of hydrogen-bond donors (Lipinski definition) is 0. The van der Waals surface area contributed by atoms with Gasteiger partial charge >= 0.3 is 5.97 Å². The molecule has 5 nitrogen and oxygen atoms in total. The third-order valence-electron chi connectivity index (χ3n) is 4.58. The highest BCUT2D eigenvalue weighted by molar-refractivity contribution is 9.10. The van der Waals surface area contributed by atoms with Crippen LogP contribution in [0.4, 0.5) is 4.39 Å². The third kappa shape index (κ3) is 4.86. The van der Waals surface area contributed by atoms with Gasteiger partial charge in [-0.25, -0.2) is 9.18 Å². The van der Waals surface area contributed by atoms with Crippen LogP contribution in [0.3, 0.4) is 0 Å². The summed E-state index contributed by atoms with van der Waals surface area (Å²) in [7, 11) is 0. The molecule has 3 aromatic rings. The van der Waals surface area contributed by atoms with E-state index in [1.165, 1.54) is 6.07 Å². The molecule has 2 aromatic carbocycles. The van der Waals surface area contributed by atoms with E-state index in [9.17, 15) is 14.0 Å². The van der Waals surface area contributed by atoms with E-state index in [2.05, 4.69) is 15.9 Å². The highest BCUT2D eigenvalue weighted by atomic mass is 79.9. The van der Waals surface area contributed by atoms with Gasteiger partial charge in [0.2, 0.25) is 0 Å². The van der Waals surface area contributed by atoms with Crippen molar-refractivity contribution >= 4 is 28.2 Å². The molecular weight excluding hydrogens is 453 g/mol. The summed E-state index contributed by atoms with van der Waals surface area (Å²) in [5.41, 5.74) is 2.10. The van der Waals surface area contributed by atoms with E-state index in [-0.39, 0.29) is 36.8 Å². The van der Waals surface area contributed by atoms with E-state index < -0.39 is 5.97 Å². The Labute approximate surface area is 182 Å². The summed E-state index contributed by atoms with van der Waals surface area (Å²) < 4.78 is 27.2. The fourth-order valence-electron chi connectivity index (χ4n) is 3.16. The van der Waals surface area contributed by atoms with Crippen molar-refractivity contribution in [3.63, 3.8) is 0 Å². The molecule has 3 rings (SSSR count). The van der Waals surface area contributed by atoms with Crippen molar-refractivity contribution in [1.29, 1.82) is 0 Å². The van der Waals surface area contributed by atoms with Crippen LogP contribution >= 0.6 is 15.9 Å². The van der Waals surface area contributed by atoms with E-state index in [0.29, 0.717) is 28.6 Å². The minimum atomic E-state index is -0.631. The second-order valence-electron chi connectivity index (χ2n) is 6.53. The summed E-state index contributed by atoms with van der Waals surface area (Å²) in [6.07, 6.45) is 0.710. The predicted octanol–water partition coefficient (Wildman–Crippen LogP) is 5.14. The molecule has 0 saturated carbocycles. The van der Waals surface area contributed by atoms with Crippen LogP contribution in [0.25, 0.3) is 0 Å². The van der Waals surface area contributed by atoms with Crippen LogP contribution in [0.15, 0.2) is 59.2 Å². The molecular formula is C23H21BrFNO4. The Morgan fingerprint density at radius 2 is 1.83 bits per heavy atom. The molecule has 0 saturated heterocycles. The number of aldehydes is 1. The first-order valence-corrected chi connectivity index (χ1v) is 10.2. The maximum absolute atomic E-state index is 14.2. The average Bonchev–Trinajstić information content (AvgIpc) is 3.02. The van der Waals surface area contributed by atoms with Crippen LogP contribution in [0.1, 0.15) is 44.5 Å². The lowest BCUT2D eigenvalue weighted by molar-refractivity contribution is 0.0515. The van der Waals surface area contributed by atoms with E-state index in [0.717, 1.165) is 5.56 Å². The van der Waals surface area contributed by atoms with Crippen LogP contribution < -0.4 is 0 Å². The van der Waals surface area contributed by atoms with Crippen LogP contribution in [0, 0.1) is 5.82 Å². The first-order chi connectivity index (χ1) is 14.6. The Morgan fingerprint density at radius 1 is 1.13 bits per heavy atom. The van der Waals surface area contributed by atoms with Gasteiger partial charge in [-0.2, -0.15) is 0 Å². The van der Waals surface area contributed by atoms with E-state index in [1.807, 2.05) is 30.3 Å². The zero-order valence-electron chi connectivity index (χ0n) is 16.4. The number of rotatable bonds is 9. The normalized spacial score (nSPS) is 10.8. The van der Waals surface area contributed by atoms with Gasteiger partial charge < -0.3 is 14.0 Å². The number of hydrogen-bond acceptors (Lipinski definition) is 4. The first kappa shape index (κ1) is 21.9. The molecule has 0 spiro atoms. The number of nitrogens with zero attached hydrogens (tertiary/aromatic N) is 1. The molecule has 0 unspecified atom stereocenters. The Hall–Kier alpha value is -2.77. The average molecular weight is 474 g/mol. The molecule has 0 aliphatic carbocycles. The molecule has 1 aromatic heterocycles. The summed E-state index contributed by atoms with van der Waals surface area (Å²) >= 11 is 3.48. The monoisotopic (exact) mass is 473 g/mol. The lowest BCUT2D eigenvalue weighted by atomic mass is 10.0. The van der Waals surface area contributed by atoms with Crippen molar-refractivity contribution in [2.24, 2.45) is 0 Å². The molecule has 0 atom stereocenters. The number of halogens is 2. The second-order valence-corrected chi connectivity index (χ2v) is 7.28. The number of aromatic nitrogens is 1. The predicted molar refractivity (Wildman–Crippen MR) is 114 cm³/mol. The van der Waals surface area contributed by atoms with Crippen LogP contribution in [-0.2, 0) is 29.2 Å². The molecule has 0 amide bonds. The summed E-state index contributed by atoms with van der Waals surface area (Å²) in [5.74, 6) is -1.02. The quantitative estimate of drug-likeness (QED) is 0.318. The van der Waals surface area contributed by atoms with Gasteiger partial charge in [0.15, 0.2) is 6.29 Å². The number of carbonyl (C=O) groups excluding carboxylic acids is 2. The van der Waals surface area contributed by atoms with Gasteiger partial charge in [0, 0.05) is 12.0 Å². The van der Waals surface area contributed by atoms with Crippen LogP contribution in [0.2, 0.25) is 0 Å². The van der Waals surface area contributed by atoms with Gasteiger partial charge in [-0.05, 0) is 40.0 Å². The second kappa shape index (κ2) is 10.3. The number of carbonyl (C=O) groups is 2. The van der Waals surface area contributed by atoms with Crippen LogP contribution in [0.5, 0.6) is 0 Å². The van der Waals surface area contributed by atoms with E-state index in [1.54, 1.807) is 29.7 Å². The largest absolute Gasteiger partial charge is 0.462 e. The minimum Gasteiger partial charge on any atom is -0.462 e. The summed E-state index contributed by atoms with van der Waals surface area (Å²) in [6.45, 7) is 2.21. The van der Waals surface area contributed by atoms with Crippen molar-refractivity contribution in [2.75, 3.05) is 6.61 Å². The van der Waals surface area contributed by atoms with Gasteiger partial charge in [-0.1, -0.05) is 48.5 Å². The zero-order valence-corrected chi connectivity index (χ0v) is 18.0. The fourth-order valence-corrected chi connectivity index (χ4v) is 3.80. The van der Waals surface area contributed by atoms with Crippen LogP contribution in [-0.4, -0.2) is 23.4 Å². The third-order valence-corrected chi connectivity index (χ3v) is 5.49. The van der Waals surface area contributed by atoms with E-state index >= 15 is 0 Å². The Bertz CT molecular complexity index is 1030. The summed E-state index contributed by atoms with van der Waals surface area (Å²) in [5, 5.41) is 0. The Kier molecular flexibility index (Phi) is 7.54. The highest BCUT2D eigenvalue weighted by Gasteiger charge is 2.27. The molecule has 0 N–H and O–H groups in total. The van der Waals surface area contributed by atoms with Gasteiger partial charge in [0.25, 0.3) is 0 Å². The molecule has 7 heteroatoms. The molecule has 156 valence electrons. The van der Waals surface area contributed by atoms with Gasteiger partial charge in [0.05, 0.1) is 29.1 Å². The summed E-state index contributed by atoms with van der Waals surface area (Å²) in [6, 6.07) is 15.9. The first-order valence-electron chi connectivity index (χ1n) is 9.45. The van der Waals surface area contributed by atoms with Gasteiger partial charge in [-0.15, -0.1) is 0 Å².